The molecule has 0 aromatic carbocycles. The molecule has 0 amide bonds. The van der Waals surface area contributed by atoms with Gasteiger partial charge >= 0.3 is 0 Å². The van der Waals surface area contributed by atoms with Crippen LogP contribution in [0.3, 0.4) is 0 Å². The Morgan fingerprint density at radius 3 is 2.06 bits per heavy atom. The van der Waals surface area contributed by atoms with Crippen molar-refractivity contribution in [2.24, 2.45) is 0 Å². The highest BCUT2D eigenvalue weighted by Gasteiger charge is 2.21. The summed E-state index contributed by atoms with van der Waals surface area (Å²) in [5, 5.41) is 0. The zero-order chi connectivity index (χ0) is 12.7. The first-order valence-electron chi connectivity index (χ1n) is 5.39. The maximum Gasteiger partial charge on any atom is 0.0973 e. The van der Waals surface area contributed by atoms with Crippen LogP contribution in [0.25, 0.3) is 0 Å². The quantitative estimate of drug-likeness (QED) is 0.349. The smallest absolute Gasteiger partial charge is 0.0973 e. The van der Waals surface area contributed by atoms with Gasteiger partial charge in [0.05, 0.1) is 36.3 Å². The van der Waals surface area contributed by atoms with Gasteiger partial charge in [0.1, 0.15) is 0 Å². The van der Waals surface area contributed by atoms with E-state index in [-0.39, 0.29) is 5.75 Å². The van der Waals surface area contributed by atoms with Gasteiger partial charge < -0.3 is 9.04 Å². The molecule has 16 heavy (non-hydrogen) atoms. The van der Waals surface area contributed by atoms with Crippen molar-refractivity contribution >= 4 is 10.1 Å². The van der Waals surface area contributed by atoms with Gasteiger partial charge in [0, 0.05) is 12.2 Å². The Kier molecular flexibility index (Phi) is 6.55. The molecular formula is C11H21NO3S. The molecule has 0 rings (SSSR count). The summed E-state index contributed by atoms with van der Waals surface area (Å²) in [6.45, 7) is 12.5. The Balaban J connectivity index is 4.41. The van der Waals surface area contributed by atoms with E-state index in [0.29, 0.717) is 17.4 Å². The van der Waals surface area contributed by atoms with E-state index in [4.69, 9.17) is 0 Å². The van der Waals surface area contributed by atoms with Crippen molar-refractivity contribution < 1.29 is 17.5 Å². The Bertz CT molecular complexity index is 312. The van der Waals surface area contributed by atoms with Gasteiger partial charge in [0.2, 0.25) is 0 Å². The van der Waals surface area contributed by atoms with E-state index >= 15 is 0 Å². The SMILES string of the molecule is C=CC[N+](CC)(CC=C)CCCS(=O)(=O)[O-]. The van der Waals surface area contributed by atoms with Crippen molar-refractivity contribution in [3.63, 3.8) is 0 Å². The molecule has 0 bridgehead atoms. The predicted molar refractivity (Wildman–Crippen MR) is 65.0 cm³/mol. The van der Waals surface area contributed by atoms with E-state index in [1.165, 1.54) is 0 Å². The molecule has 0 aromatic heterocycles. The van der Waals surface area contributed by atoms with E-state index in [9.17, 15) is 13.0 Å². The second-order valence-electron chi connectivity index (χ2n) is 3.94. The molecule has 0 saturated carbocycles. The topological polar surface area (TPSA) is 57.2 Å². The second-order valence-corrected chi connectivity index (χ2v) is 5.46. The van der Waals surface area contributed by atoms with Crippen LogP contribution in [0.15, 0.2) is 25.3 Å². The highest BCUT2D eigenvalue weighted by Crippen LogP contribution is 2.09. The molecule has 94 valence electrons. The predicted octanol–water partition coefficient (Wildman–Crippen LogP) is 1.13. The zero-order valence-electron chi connectivity index (χ0n) is 9.89. The molecule has 0 saturated heterocycles. The van der Waals surface area contributed by atoms with Crippen LogP contribution in [0, 0.1) is 0 Å². The van der Waals surface area contributed by atoms with Crippen LogP contribution in [0.5, 0.6) is 0 Å². The van der Waals surface area contributed by atoms with Crippen LogP contribution in [0.4, 0.5) is 0 Å². The molecule has 4 nitrogen and oxygen atoms in total. The van der Waals surface area contributed by atoms with Gasteiger partial charge in [-0.05, 0) is 19.1 Å². The molecule has 0 aliphatic rings. The Labute approximate surface area is 98.6 Å². The minimum absolute atomic E-state index is 0.290. The standard InChI is InChI=1S/C11H21NO3S/c1-4-8-12(6-3,9-5-2)10-7-11-16(13,14)15/h4-5H,1-2,6-11H2,3H3. The third-order valence-corrected chi connectivity index (χ3v) is 3.52. The first-order chi connectivity index (χ1) is 7.39. The van der Waals surface area contributed by atoms with Gasteiger partial charge in [0.15, 0.2) is 0 Å². The summed E-state index contributed by atoms with van der Waals surface area (Å²) < 4.78 is 32.3. The van der Waals surface area contributed by atoms with Crippen molar-refractivity contribution in [1.82, 2.24) is 0 Å². The minimum atomic E-state index is -4.10. The van der Waals surface area contributed by atoms with Crippen LogP contribution in [0.2, 0.25) is 0 Å². The number of quaternary nitrogens is 1. The third kappa shape index (κ3) is 6.05. The summed E-state index contributed by atoms with van der Waals surface area (Å²) in [5.74, 6) is -0.290. The molecule has 0 unspecified atom stereocenters. The molecular weight excluding hydrogens is 226 g/mol. The monoisotopic (exact) mass is 247 g/mol. The average Bonchev–Trinajstić information content (AvgIpc) is 2.16. The Morgan fingerprint density at radius 1 is 1.25 bits per heavy atom. The highest BCUT2D eigenvalue weighted by atomic mass is 32.2. The van der Waals surface area contributed by atoms with E-state index < -0.39 is 10.1 Å². The van der Waals surface area contributed by atoms with Gasteiger partial charge in [0.25, 0.3) is 0 Å². The molecule has 0 aliphatic heterocycles. The number of rotatable bonds is 9. The lowest BCUT2D eigenvalue weighted by Gasteiger charge is -2.36. The molecule has 0 N–H and O–H groups in total. The Hall–Kier alpha value is -0.650. The summed E-state index contributed by atoms with van der Waals surface area (Å²) in [4.78, 5) is 0. The summed E-state index contributed by atoms with van der Waals surface area (Å²) >= 11 is 0. The highest BCUT2D eigenvalue weighted by molar-refractivity contribution is 7.85. The molecule has 0 aliphatic carbocycles. The van der Waals surface area contributed by atoms with Crippen LogP contribution >= 0.6 is 0 Å². The summed E-state index contributed by atoms with van der Waals surface area (Å²) in [7, 11) is -4.10. The van der Waals surface area contributed by atoms with Crippen LogP contribution in [-0.2, 0) is 10.1 Å². The molecule has 0 fully saturated rings. The van der Waals surface area contributed by atoms with Crippen LogP contribution < -0.4 is 0 Å². The zero-order valence-corrected chi connectivity index (χ0v) is 10.7. The van der Waals surface area contributed by atoms with E-state index in [1.807, 2.05) is 19.1 Å². The molecule has 0 heterocycles. The lowest BCUT2D eigenvalue weighted by atomic mass is 10.2. The number of likely N-dealkylation sites (N-methyl/N-ethyl adjacent to an activating group) is 1. The lowest BCUT2D eigenvalue weighted by Crippen LogP contribution is -2.49. The van der Waals surface area contributed by atoms with Crippen molar-refractivity contribution in [3.8, 4) is 0 Å². The van der Waals surface area contributed by atoms with E-state index in [0.717, 1.165) is 19.6 Å². The second kappa shape index (κ2) is 6.83. The summed E-state index contributed by atoms with van der Waals surface area (Å²) in [5.41, 5.74) is 0. The molecule has 0 radical (unpaired) electrons. The normalized spacial score (nSPS) is 12.4. The maximum atomic E-state index is 10.5. The number of nitrogens with zero attached hydrogens (tertiary/aromatic N) is 1. The van der Waals surface area contributed by atoms with E-state index in [2.05, 4.69) is 13.2 Å². The van der Waals surface area contributed by atoms with Crippen molar-refractivity contribution in [2.75, 3.05) is 31.9 Å². The van der Waals surface area contributed by atoms with Gasteiger partial charge in [-0.3, -0.25) is 0 Å². The number of hydrogen-bond donors (Lipinski definition) is 0. The van der Waals surface area contributed by atoms with Gasteiger partial charge in [-0.25, -0.2) is 8.42 Å². The lowest BCUT2D eigenvalue weighted by molar-refractivity contribution is -0.915. The minimum Gasteiger partial charge on any atom is -0.748 e. The fourth-order valence-electron chi connectivity index (χ4n) is 1.80. The first-order valence-corrected chi connectivity index (χ1v) is 6.97. The van der Waals surface area contributed by atoms with Crippen molar-refractivity contribution in [2.45, 2.75) is 13.3 Å². The largest absolute Gasteiger partial charge is 0.748 e. The first kappa shape index (κ1) is 15.3. The molecule has 0 spiro atoms. The molecule has 0 atom stereocenters. The van der Waals surface area contributed by atoms with E-state index in [1.54, 1.807) is 0 Å². The molecule has 5 heteroatoms. The van der Waals surface area contributed by atoms with Gasteiger partial charge in [-0.1, -0.05) is 13.2 Å². The average molecular weight is 247 g/mol. The summed E-state index contributed by atoms with van der Waals surface area (Å²) in [6.07, 6.45) is 4.03. The fraction of sp³-hybridized carbons (Fsp3) is 0.636. The summed E-state index contributed by atoms with van der Waals surface area (Å²) in [6, 6.07) is 0. The van der Waals surface area contributed by atoms with Crippen molar-refractivity contribution in [3.05, 3.63) is 25.3 Å². The fourth-order valence-corrected chi connectivity index (χ4v) is 2.28. The maximum absolute atomic E-state index is 10.5. The molecule has 0 aromatic rings. The van der Waals surface area contributed by atoms with Crippen LogP contribution in [-0.4, -0.2) is 49.4 Å². The Morgan fingerprint density at radius 2 is 1.75 bits per heavy atom. The van der Waals surface area contributed by atoms with Gasteiger partial charge in [-0.2, -0.15) is 0 Å². The van der Waals surface area contributed by atoms with Crippen molar-refractivity contribution in [1.29, 1.82) is 0 Å². The third-order valence-electron chi connectivity index (χ3n) is 2.73. The number of hydrogen-bond acceptors (Lipinski definition) is 3. The van der Waals surface area contributed by atoms with Gasteiger partial charge in [-0.15, -0.1) is 0 Å². The van der Waals surface area contributed by atoms with Crippen LogP contribution in [0.1, 0.15) is 13.3 Å².